The summed E-state index contributed by atoms with van der Waals surface area (Å²) in [6.45, 7) is 2.00. The highest BCUT2D eigenvalue weighted by atomic mass is 35.5. The van der Waals surface area contributed by atoms with Gasteiger partial charge in [0.1, 0.15) is 0 Å². The Bertz CT molecular complexity index is 376. The van der Waals surface area contributed by atoms with Gasteiger partial charge in [0.05, 0.1) is 6.04 Å². The summed E-state index contributed by atoms with van der Waals surface area (Å²) in [5, 5.41) is 3.65. The van der Waals surface area contributed by atoms with Crippen LogP contribution >= 0.6 is 11.6 Å². The average molecular weight is 210 g/mol. The van der Waals surface area contributed by atoms with Crippen molar-refractivity contribution in [2.75, 3.05) is 0 Å². The molecule has 14 heavy (non-hydrogen) atoms. The van der Waals surface area contributed by atoms with Crippen LogP contribution in [0.3, 0.4) is 0 Å². The number of hydrogen-bond acceptors (Lipinski definition) is 1. The van der Waals surface area contributed by atoms with E-state index in [1.54, 1.807) is 0 Å². The van der Waals surface area contributed by atoms with Crippen molar-refractivity contribution in [1.29, 1.82) is 0 Å². The van der Waals surface area contributed by atoms with Crippen molar-refractivity contribution in [3.05, 3.63) is 34.3 Å². The van der Waals surface area contributed by atoms with Crippen LogP contribution in [0.4, 0.5) is 0 Å². The van der Waals surface area contributed by atoms with Crippen molar-refractivity contribution in [3.8, 4) is 0 Å². The maximum Gasteiger partial charge on any atom is 0.220 e. The Morgan fingerprint density at radius 1 is 1.50 bits per heavy atom. The Morgan fingerprint density at radius 2 is 2.29 bits per heavy atom. The molecule has 0 radical (unpaired) electrons. The third kappa shape index (κ3) is 1.75. The fraction of sp³-hybridized carbons (Fsp3) is 0.364. The van der Waals surface area contributed by atoms with Crippen LogP contribution in [0.15, 0.2) is 18.2 Å². The molecular weight excluding hydrogens is 198 g/mol. The number of aryl methyl sites for hydroxylation is 1. The standard InChI is InChI=1S/C11H12ClNO/c1-7-2-3-8(9(12)6-7)10-4-5-11(14)13-10/h2-3,6,10H,4-5H2,1H3,(H,13,14). The highest BCUT2D eigenvalue weighted by molar-refractivity contribution is 6.31. The van der Waals surface area contributed by atoms with Gasteiger partial charge in [-0.3, -0.25) is 4.79 Å². The zero-order valence-electron chi connectivity index (χ0n) is 8.01. The minimum Gasteiger partial charge on any atom is -0.349 e. The smallest absolute Gasteiger partial charge is 0.220 e. The summed E-state index contributed by atoms with van der Waals surface area (Å²) >= 11 is 6.11. The lowest BCUT2D eigenvalue weighted by Gasteiger charge is -2.12. The molecule has 1 unspecified atom stereocenters. The molecule has 1 heterocycles. The summed E-state index contributed by atoms with van der Waals surface area (Å²) in [5.41, 5.74) is 2.17. The fourth-order valence-corrected chi connectivity index (χ4v) is 2.13. The SMILES string of the molecule is Cc1ccc(C2CCC(=O)N2)c(Cl)c1. The first kappa shape index (κ1) is 9.53. The fourth-order valence-electron chi connectivity index (χ4n) is 1.76. The molecule has 74 valence electrons. The predicted octanol–water partition coefficient (Wildman–Crippen LogP) is 2.60. The summed E-state index contributed by atoms with van der Waals surface area (Å²) in [5.74, 6) is 0.117. The summed E-state index contributed by atoms with van der Waals surface area (Å²) < 4.78 is 0. The van der Waals surface area contributed by atoms with E-state index in [2.05, 4.69) is 5.32 Å². The zero-order valence-corrected chi connectivity index (χ0v) is 8.77. The van der Waals surface area contributed by atoms with Gasteiger partial charge in [-0.05, 0) is 30.5 Å². The maximum absolute atomic E-state index is 11.1. The third-order valence-corrected chi connectivity index (χ3v) is 2.85. The Hall–Kier alpha value is -1.02. The molecule has 0 saturated carbocycles. The molecule has 1 aromatic carbocycles. The largest absolute Gasteiger partial charge is 0.349 e. The van der Waals surface area contributed by atoms with Crippen molar-refractivity contribution >= 4 is 17.5 Å². The number of carbonyl (C=O) groups is 1. The zero-order chi connectivity index (χ0) is 10.1. The minimum atomic E-state index is 0.107. The normalized spacial score (nSPS) is 21.0. The molecular formula is C11H12ClNO. The molecule has 2 rings (SSSR count). The van der Waals surface area contributed by atoms with Gasteiger partial charge in [-0.2, -0.15) is 0 Å². The molecule has 1 aliphatic rings. The van der Waals surface area contributed by atoms with Gasteiger partial charge in [-0.15, -0.1) is 0 Å². The van der Waals surface area contributed by atoms with Crippen LogP contribution in [0, 0.1) is 6.92 Å². The summed E-state index contributed by atoms with van der Waals surface area (Å²) in [4.78, 5) is 11.1. The van der Waals surface area contributed by atoms with Crippen LogP contribution in [0.25, 0.3) is 0 Å². The van der Waals surface area contributed by atoms with Gasteiger partial charge in [0.25, 0.3) is 0 Å². The van der Waals surface area contributed by atoms with E-state index in [0.29, 0.717) is 6.42 Å². The van der Waals surface area contributed by atoms with Gasteiger partial charge in [0.15, 0.2) is 0 Å². The van der Waals surface area contributed by atoms with Gasteiger partial charge in [-0.1, -0.05) is 23.7 Å². The molecule has 2 nitrogen and oxygen atoms in total. The van der Waals surface area contributed by atoms with E-state index in [1.807, 2.05) is 25.1 Å². The second-order valence-corrected chi connectivity index (χ2v) is 4.09. The molecule has 1 N–H and O–H groups in total. The topological polar surface area (TPSA) is 29.1 Å². The molecule has 1 fully saturated rings. The van der Waals surface area contributed by atoms with Gasteiger partial charge < -0.3 is 5.32 Å². The van der Waals surface area contributed by atoms with Crippen molar-refractivity contribution in [3.63, 3.8) is 0 Å². The van der Waals surface area contributed by atoms with Crippen LogP contribution in [0.1, 0.15) is 30.0 Å². The Labute approximate surface area is 88.3 Å². The first-order valence-electron chi connectivity index (χ1n) is 4.72. The number of rotatable bonds is 1. The number of benzene rings is 1. The number of amides is 1. The molecule has 1 atom stereocenters. The number of carbonyl (C=O) groups excluding carboxylic acids is 1. The third-order valence-electron chi connectivity index (χ3n) is 2.53. The highest BCUT2D eigenvalue weighted by Gasteiger charge is 2.23. The molecule has 1 aliphatic heterocycles. The highest BCUT2D eigenvalue weighted by Crippen LogP contribution is 2.29. The number of nitrogens with one attached hydrogen (secondary N) is 1. The molecule has 0 bridgehead atoms. The lowest BCUT2D eigenvalue weighted by Crippen LogP contribution is -2.18. The molecule has 0 spiro atoms. The monoisotopic (exact) mass is 209 g/mol. The Kier molecular flexibility index (Phi) is 2.46. The average Bonchev–Trinajstić information content (AvgIpc) is 2.51. The van der Waals surface area contributed by atoms with Crippen LogP contribution in [0.5, 0.6) is 0 Å². The van der Waals surface area contributed by atoms with E-state index in [9.17, 15) is 4.79 Å². The molecule has 1 saturated heterocycles. The van der Waals surface area contributed by atoms with E-state index in [-0.39, 0.29) is 11.9 Å². The second-order valence-electron chi connectivity index (χ2n) is 3.68. The van der Waals surface area contributed by atoms with Crippen molar-refractivity contribution in [2.24, 2.45) is 0 Å². The van der Waals surface area contributed by atoms with E-state index < -0.39 is 0 Å². The predicted molar refractivity (Wildman–Crippen MR) is 56.3 cm³/mol. The van der Waals surface area contributed by atoms with Crippen LogP contribution in [-0.2, 0) is 4.79 Å². The van der Waals surface area contributed by atoms with Crippen LogP contribution in [0.2, 0.25) is 5.02 Å². The first-order valence-corrected chi connectivity index (χ1v) is 5.10. The molecule has 0 aromatic heterocycles. The minimum absolute atomic E-state index is 0.107. The van der Waals surface area contributed by atoms with Gasteiger partial charge in [-0.25, -0.2) is 0 Å². The van der Waals surface area contributed by atoms with E-state index in [0.717, 1.165) is 22.6 Å². The summed E-state index contributed by atoms with van der Waals surface area (Å²) in [7, 11) is 0. The van der Waals surface area contributed by atoms with Crippen LogP contribution in [-0.4, -0.2) is 5.91 Å². The van der Waals surface area contributed by atoms with Crippen molar-refractivity contribution < 1.29 is 4.79 Å². The summed E-state index contributed by atoms with van der Waals surface area (Å²) in [6, 6.07) is 6.05. The van der Waals surface area contributed by atoms with E-state index >= 15 is 0 Å². The van der Waals surface area contributed by atoms with Crippen molar-refractivity contribution in [1.82, 2.24) is 5.32 Å². The van der Waals surface area contributed by atoms with Gasteiger partial charge in [0.2, 0.25) is 5.91 Å². The molecule has 0 aliphatic carbocycles. The van der Waals surface area contributed by atoms with Gasteiger partial charge >= 0.3 is 0 Å². The van der Waals surface area contributed by atoms with Gasteiger partial charge in [0, 0.05) is 11.4 Å². The van der Waals surface area contributed by atoms with Crippen LogP contribution < -0.4 is 5.32 Å². The van der Waals surface area contributed by atoms with Crippen molar-refractivity contribution in [2.45, 2.75) is 25.8 Å². The molecule has 3 heteroatoms. The summed E-state index contributed by atoms with van der Waals surface area (Å²) in [6.07, 6.45) is 1.45. The first-order chi connectivity index (χ1) is 6.66. The molecule has 1 amide bonds. The Balaban J connectivity index is 2.28. The van der Waals surface area contributed by atoms with E-state index in [4.69, 9.17) is 11.6 Å². The lowest BCUT2D eigenvalue weighted by molar-refractivity contribution is -0.119. The number of halogens is 1. The Morgan fingerprint density at radius 3 is 2.86 bits per heavy atom. The quantitative estimate of drug-likeness (QED) is 0.757. The second kappa shape index (κ2) is 3.62. The number of hydrogen-bond donors (Lipinski definition) is 1. The lowest BCUT2D eigenvalue weighted by atomic mass is 10.0. The molecule has 1 aromatic rings. The van der Waals surface area contributed by atoms with E-state index in [1.165, 1.54) is 0 Å². The maximum atomic E-state index is 11.1.